The van der Waals surface area contributed by atoms with Crippen LogP contribution in [0.25, 0.3) is 0 Å². The number of carbonyl (C=O) groups excluding carboxylic acids is 1. The minimum atomic E-state index is -0.151. The molecule has 1 amide bonds. The summed E-state index contributed by atoms with van der Waals surface area (Å²) in [6.45, 7) is 0.950. The van der Waals surface area contributed by atoms with Gasteiger partial charge < -0.3 is 5.73 Å². The van der Waals surface area contributed by atoms with Gasteiger partial charge in [0, 0.05) is 6.54 Å². The molecule has 1 heterocycles. The van der Waals surface area contributed by atoms with Crippen LogP contribution in [0.5, 0.6) is 0 Å². The highest BCUT2D eigenvalue weighted by Crippen LogP contribution is 1.98. The maximum atomic E-state index is 10.4. The molecule has 3 N–H and O–H groups in total. The molecule has 0 radical (unpaired) electrons. The molecule has 1 atom stereocenters. The van der Waals surface area contributed by atoms with Crippen molar-refractivity contribution in [3.63, 3.8) is 0 Å². The Balaban J connectivity index is 2.35. The number of primary amides is 1. The van der Waals surface area contributed by atoms with Crippen molar-refractivity contribution in [3.8, 4) is 0 Å². The summed E-state index contributed by atoms with van der Waals surface area (Å²) in [5.74, 6) is 1.74. The van der Waals surface area contributed by atoms with E-state index >= 15 is 0 Å². The third kappa shape index (κ3) is 1.14. The molecule has 0 bridgehead atoms. The molecule has 4 heteroatoms. The maximum absolute atomic E-state index is 10.4. The zero-order valence-corrected chi connectivity index (χ0v) is 5.33. The van der Waals surface area contributed by atoms with Crippen molar-refractivity contribution in [3.05, 3.63) is 0 Å². The number of nitrogens with one attached hydrogen (secondary N) is 1. The molecule has 0 aliphatic carbocycles. The minimum absolute atomic E-state index is 0.144. The lowest BCUT2D eigenvalue weighted by Crippen LogP contribution is -2.24. The summed E-state index contributed by atoms with van der Waals surface area (Å²) in [6.07, 6.45) is 0. The van der Waals surface area contributed by atoms with Crippen LogP contribution in [0.2, 0.25) is 0 Å². The van der Waals surface area contributed by atoms with E-state index in [-0.39, 0.29) is 16.1 Å². The molecule has 8 heavy (non-hydrogen) atoms. The van der Waals surface area contributed by atoms with Crippen LogP contribution in [0.4, 0.5) is 4.79 Å². The van der Waals surface area contributed by atoms with E-state index in [9.17, 15) is 4.79 Å². The molecular formula is C4H9N2OS+. The van der Waals surface area contributed by atoms with Crippen molar-refractivity contribution < 1.29 is 4.79 Å². The largest absolute Gasteiger partial charge is 0.428 e. The molecule has 0 saturated carbocycles. The molecule has 1 aliphatic rings. The first kappa shape index (κ1) is 5.91. The van der Waals surface area contributed by atoms with E-state index in [2.05, 4.69) is 5.32 Å². The minimum Gasteiger partial charge on any atom is -0.325 e. The lowest BCUT2D eigenvalue weighted by molar-refractivity contribution is 0.267. The fraction of sp³-hybridized carbons (Fsp3) is 0.750. The summed E-state index contributed by atoms with van der Waals surface area (Å²) >= 11 is 0. The van der Waals surface area contributed by atoms with Gasteiger partial charge in [-0.15, -0.1) is 0 Å². The van der Waals surface area contributed by atoms with Gasteiger partial charge in [-0.05, 0) is 0 Å². The highest BCUT2D eigenvalue weighted by atomic mass is 32.2. The molecule has 46 valence electrons. The number of hydrogen-bond acceptors (Lipinski definition) is 2. The SMILES string of the molecule is NC(=O)[S+]1CCNC1. The van der Waals surface area contributed by atoms with Crippen molar-refractivity contribution in [1.29, 1.82) is 0 Å². The molecule has 3 nitrogen and oxygen atoms in total. The van der Waals surface area contributed by atoms with Gasteiger partial charge in [0.2, 0.25) is 0 Å². The molecular weight excluding hydrogens is 124 g/mol. The van der Waals surface area contributed by atoms with Crippen molar-refractivity contribution >= 4 is 16.1 Å². The van der Waals surface area contributed by atoms with Crippen LogP contribution in [0.15, 0.2) is 0 Å². The van der Waals surface area contributed by atoms with Crippen LogP contribution in [-0.4, -0.2) is 23.4 Å². The van der Waals surface area contributed by atoms with E-state index in [0.717, 1.165) is 18.2 Å². The molecule has 1 rings (SSSR count). The Hall–Kier alpha value is -0.220. The monoisotopic (exact) mass is 133 g/mol. The molecule has 1 saturated heterocycles. The third-order valence-corrected chi connectivity index (χ3v) is 2.90. The number of hydrogen-bond donors (Lipinski definition) is 2. The zero-order chi connectivity index (χ0) is 5.98. The van der Waals surface area contributed by atoms with Crippen molar-refractivity contribution in [2.75, 3.05) is 18.2 Å². The standard InChI is InChI=1S/C4H8N2OS/c5-4(7)8-2-1-6-3-8/h6H,1-3H2,(H-,5,7)/p+1. The Kier molecular flexibility index (Phi) is 1.75. The van der Waals surface area contributed by atoms with Crippen molar-refractivity contribution in [2.24, 2.45) is 5.73 Å². The summed E-state index contributed by atoms with van der Waals surface area (Å²) < 4.78 is 0. The van der Waals surface area contributed by atoms with Gasteiger partial charge >= 0.3 is 5.24 Å². The third-order valence-electron chi connectivity index (χ3n) is 1.09. The summed E-state index contributed by atoms with van der Waals surface area (Å²) in [5.41, 5.74) is 5.03. The van der Waals surface area contributed by atoms with Crippen LogP contribution in [0.3, 0.4) is 0 Å². The van der Waals surface area contributed by atoms with Gasteiger partial charge in [-0.25, -0.2) is 4.79 Å². The van der Waals surface area contributed by atoms with Gasteiger partial charge in [-0.1, -0.05) is 0 Å². The highest BCUT2D eigenvalue weighted by molar-refractivity contribution is 8.10. The fourth-order valence-electron chi connectivity index (χ4n) is 0.635. The van der Waals surface area contributed by atoms with Crippen LogP contribution < -0.4 is 11.1 Å². The van der Waals surface area contributed by atoms with E-state index in [4.69, 9.17) is 5.73 Å². The normalized spacial score (nSPS) is 28.2. The first-order chi connectivity index (χ1) is 3.80. The lowest BCUT2D eigenvalue weighted by Gasteiger charge is -1.86. The van der Waals surface area contributed by atoms with E-state index in [1.807, 2.05) is 0 Å². The molecule has 0 aromatic carbocycles. The summed E-state index contributed by atoms with van der Waals surface area (Å²) in [6, 6.07) is 0. The first-order valence-corrected chi connectivity index (χ1v) is 4.04. The van der Waals surface area contributed by atoms with Gasteiger partial charge in [-0.3, -0.25) is 5.32 Å². The predicted molar refractivity (Wildman–Crippen MR) is 34.7 cm³/mol. The highest BCUT2D eigenvalue weighted by Gasteiger charge is 2.29. The van der Waals surface area contributed by atoms with Crippen molar-refractivity contribution in [1.82, 2.24) is 5.32 Å². The van der Waals surface area contributed by atoms with Crippen LogP contribution >= 0.6 is 0 Å². The predicted octanol–water partition coefficient (Wildman–Crippen LogP) is -0.756. The lowest BCUT2D eigenvalue weighted by atomic mass is 10.8. The topological polar surface area (TPSA) is 55.1 Å². The Morgan fingerprint density at radius 1 is 1.75 bits per heavy atom. The summed E-state index contributed by atoms with van der Waals surface area (Å²) in [7, 11) is -0.151. The molecule has 1 unspecified atom stereocenters. The quantitative estimate of drug-likeness (QED) is 0.427. The van der Waals surface area contributed by atoms with Gasteiger partial charge in [0.15, 0.2) is 5.88 Å². The van der Waals surface area contributed by atoms with Crippen LogP contribution in [-0.2, 0) is 10.9 Å². The van der Waals surface area contributed by atoms with E-state index in [1.165, 1.54) is 0 Å². The molecule has 0 spiro atoms. The zero-order valence-electron chi connectivity index (χ0n) is 4.52. The Morgan fingerprint density at radius 3 is 2.75 bits per heavy atom. The second-order valence-corrected chi connectivity index (χ2v) is 3.75. The number of rotatable bonds is 0. The molecule has 0 aromatic rings. The van der Waals surface area contributed by atoms with E-state index < -0.39 is 0 Å². The Labute approximate surface area is 51.0 Å². The smallest absolute Gasteiger partial charge is 0.325 e. The first-order valence-electron chi connectivity index (χ1n) is 2.48. The number of nitrogens with two attached hydrogens (primary N) is 1. The number of amides is 1. The second-order valence-electron chi connectivity index (χ2n) is 1.66. The summed E-state index contributed by atoms with van der Waals surface area (Å²) in [5, 5.41) is 2.92. The second kappa shape index (κ2) is 2.37. The maximum Gasteiger partial charge on any atom is 0.428 e. The van der Waals surface area contributed by atoms with Crippen LogP contribution in [0, 0.1) is 0 Å². The van der Waals surface area contributed by atoms with E-state index in [1.54, 1.807) is 0 Å². The van der Waals surface area contributed by atoms with Gasteiger partial charge in [-0.2, -0.15) is 0 Å². The molecule has 1 aliphatic heterocycles. The Morgan fingerprint density at radius 2 is 2.50 bits per heavy atom. The van der Waals surface area contributed by atoms with Gasteiger partial charge in [0.05, 0.1) is 0 Å². The fourth-order valence-corrected chi connectivity index (χ4v) is 1.90. The summed E-state index contributed by atoms with van der Waals surface area (Å²) in [4.78, 5) is 10.4. The van der Waals surface area contributed by atoms with Gasteiger partial charge in [0.1, 0.15) is 16.6 Å². The van der Waals surface area contributed by atoms with Crippen LogP contribution in [0.1, 0.15) is 0 Å². The van der Waals surface area contributed by atoms with Crippen molar-refractivity contribution in [2.45, 2.75) is 0 Å². The molecule has 0 aromatic heterocycles. The van der Waals surface area contributed by atoms with Gasteiger partial charge in [0.25, 0.3) is 0 Å². The Bertz CT molecular complexity index is 100. The molecule has 1 fully saturated rings. The number of carbonyl (C=O) groups is 1. The average molecular weight is 133 g/mol. The average Bonchev–Trinajstić information content (AvgIpc) is 2.12. The van der Waals surface area contributed by atoms with E-state index in [0.29, 0.717) is 0 Å².